The van der Waals surface area contributed by atoms with E-state index in [-0.39, 0.29) is 0 Å². The van der Waals surface area contributed by atoms with E-state index in [2.05, 4.69) is 6.92 Å². The van der Waals surface area contributed by atoms with Gasteiger partial charge in [0.15, 0.2) is 0 Å². The van der Waals surface area contributed by atoms with Crippen LogP contribution in [0.5, 0.6) is 0 Å². The van der Waals surface area contributed by atoms with Gasteiger partial charge in [0.2, 0.25) is 0 Å². The molecule has 0 saturated heterocycles. The third kappa shape index (κ3) is 5.41. The summed E-state index contributed by atoms with van der Waals surface area (Å²) in [7, 11) is 0. The molecule has 40 valence electrons. The minimum Gasteiger partial charge on any atom is -0.309 e. The molecule has 0 aromatic heterocycles. The predicted molar refractivity (Wildman–Crippen MR) is 32.8 cm³/mol. The summed E-state index contributed by atoms with van der Waals surface area (Å²) in [5.74, 6) is 0. The Morgan fingerprint density at radius 2 is 2.29 bits per heavy atom. The topological polar surface area (TPSA) is 23.9 Å². The molecule has 0 saturated carbocycles. The fourth-order valence-corrected chi connectivity index (χ4v) is 0.331. The van der Waals surface area contributed by atoms with Gasteiger partial charge in [0.1, 0.15) is 0 Å². The normalized spacial score (nSPS) is 9.86. The van der Waals surface area contributed by atoms with E-state index in [0.717, 1.165) is 6.42 Å². The van der Waals surface area contributed by atoms with Gasteiger partial charge in [-0.05, 0) is 12.5 Å². The van der Waals surface area contributed by atoms with Crippen LogP contribution in [0.3, 0.4) is 0 Å². The average molecular weight is 97.2 g/mol. The highest BCUT2D eigenvalue weighted by molar-refractivity contribution is 5.67. The van der Waals surface area contributed by atoms with Gasteiger partial charge in [-0.15, -0.1) is 0 Å². The SMILES string of the molecule is CCC/C=C\C=N. The summed E-state index contributed by atoms with van der Waals surface area (Å²) >= 11 is 0. The molecule has 0 aliphatic heterocycles. The van der Waals surface area contributed by atoms with Crippen LogP contribution in [0.4, 0.5) is 0 Å². The zero-order chi connectivity index (χ0) is 5.54. The van der Waals surface area contributed by atoms with Crippen molar-refractivity contribution >= 4 is 6.21 Å². The molecule has 0 aromatic carbocycles. The summed E-state index contributed by atoms with van der Waals surface area (Å²) < 4.78 is 0. The van der Waals surface area contributed by atoms with Crippen LogP contribution >= 0.6 is 0 Å². The molecule has 0 heterocycles. The Labute approximate surface area is 44.6 Å². The Morgan fingerprint density at radius 1 is 1.57 bits per heavy atom. The fraction of sp³-hybridized carbons (Fsp3) is 0.500. The van der Waals surface area contributed by atoms with Crippen molar-refractivity contribution in [2.45, 2.75) is 19.8 Å². The molecule has 0 aliphatic rings. The second-order valence-corrected chi connectivity index (χ2v) is 1.38. The molecule has 0 fully saturated rings. The van der Waals surface area contributed by atoms with Gasteiger partial charge in [0.05, 0.1) is 0 Å². The quantitative estimate of drug-likeness (QED) is 0.521. The van der Waals surface area contributed by atoms with E-state index in [9.17, 15) is 0 Å². The maximum Gasteiger partial charge on any atom is 0.0174 e. The number of nitrogens with one attached hydrogen (secondary N) is 1. The van der Waals surface area contributed by atoms with Gasteiger partial charge >= 0.3 is 0 Å². The lowest BCUT2D eigenvalue weighted by atomic mass is 10.3. The monoisotopic (exact) mass is 97.1 g/mol. The molecular formula is C6H11N. The van der Waals surface area contributed by atoms with E-state index in [4.69, 9.17) is 5.41 Å². The van der Waals surface area contributed by atoms with E-state index in [0.29, 0.717) is 0 Å². The number of allylic oxidation sites excluding steroid dienone is 2. The van der Waals surface area contributed by atoms with Crippen LogP contribution in [0.15, 0.2) is 12.2 Å². The lowest BCUT2D eigenvalue weighted by Crippen LogP contribution is -1.60. The zero-order valence-corrected chi connectivity index (χ0v) is 4.65. The predicted octanol–water partition coefficient (Wildman–Crippen LogP) is 1.99. The van der Waals surface area contributed by atoms with Crippen molar-refractivity contribution in [2.75, 3.05) is 0 Å². The highest BCUT2D eigenvalue weighted by atomic mass is 14.3. The second-order valence-electron chi connectivity index (χ2n) is 1.38. The maximum atomic E-state index is 6.57. The van der Waals surface area contributed by atoms with Gasteiger partial charge in [-0.25, -0.2) is 0 Å². The molecule has 7 heavy (non-hydrogen) atoms. The van der Waals surface area contributed by atoms with Crippen molar-refractivity contribution in [3.63, 3.8) is 0 Å². The average Bonchev–Trinajstić information content (AvgIpc) is 1.69. The third-order valence-corrected chi connectivity index (χ3v) is 0.688. The molecule has 0 radical (unpaired) electrons. The van der Waals surface area contributed by atoms with Crippen molar-refractivity contribution < 1.29 is 0 Å². The number of hydrogen-bond acceptors (Lipinski definition) is 1. The molecular weight excluding hydrogens is 86.1 g/mol. The maximum absolute atomic E-state index is 6.57. The lowest BCUT2D eigenvalue weighted by molar-refractivity contribution is 0.960. The van der Waals surface area contributed by atoms with Gasteiger partial charge in [-0.3, -0.25) is 0 Å². The zero-order valence-electron chi connectivity index (χ0n) is 4.65. The number of rotatable bonds is 3. The van der Waals surface area contributed by atoms with E-state index in [1.54, 1.807) is 6.08 Å². The van der Waals surface area contributed by atoms with Gasteiger partial charge in [0, 0.05) is 6.21 Å². The Hall–Kier alpha value is -0.590. The lowest BCUT2D eigenvalue weighted by Gasteiger charge is -1.76. The van der Waals surface area contributed by atoms with Crippen molar-refractivity contribution in [1.29, 1.82) is 5.41 Å². The minimum absolute atomic E-state index is 1.09. The molecule has 0 amide bonds. The summed E-state index contributed by atoms with van der Waals surface area (Å²) in [5.41, 5.74) is 0. The van der Waals surface area contributed by atoms with E-state index in [1.807, 2.05) is 6.08 Å². The first-order valence-electron chi connectivity index (χ1n) is 2.57. The van der Waals surface area contributed by atoms with Crippen LogP contribution < -0.4 is 0 Å². The summed E-state index contributed by atoms with van der Waals surface area (Å²) in [6.45, 7) is 2.12. The van der Waals surface area contributed by atoms with E-state index < -0.39 is 0 Å². The van der Waals surface area contributed by atoms with Crippen molar-refractivity contribution in [2.24, 2.45) is 0 Å². The highest BCUT2D eigenvalue weighted by Gasteiger charge is 1.66. The Morgan fingerprint density at radius 3 is 2.71 bits per heavy atom. The van der Waals surface area contributed by atoms with Crippen molar-refractivity contribution in [3.05, 3.63) is 12.2 Å². The largest absolute Gasteiger partial charge is 0.309 e. The summed E-state index contributed by atoms with van der Waals surface area (Å²) in [6, 6.07) is 0. The standard InChI is InChI=1S/C6H11N/c1-2-3-4-5-6-7/h4-7H,2-3H2,1H3/b5-4-,7-6?. The van der Waals surface area contributed by atoms with Gasteiger partial charge < -0.3 is 5.41 Å². The first kappa shape index (κ1) is 6.41. The molecule has 1 N–H and O–H groups in total. The van der Waals surface area contributed by atoms with Crippen LogP contribution in [0.25, 0.3) is 0 Å². The molecule has 0 aliphatic carbocycles. The van der Waals surface area contributed by atoms with Crippen LogP contribution in [-0.2, 0) is 0 Å². The Kier molecular flexibility index (Phi) is 4.95. The first-order valence-corrected chi connectivity index (χ1v) is 2.57. The molecule has 0 aromatic rings. The summed E-state index contributed by atoms with van der Waals surface area (Å²) in [4.78, 5) is 0. The molecule has 0 spiro atoms. The molecule has 0 bridgehead atoms. The van der Waals surface area contributed by atoms with E-state index in [1.165, 1.54) is 12.6 Å². The fourth-order valence-electron chi connectivity index (χ4n) is 0.331. The highest BCUT2D eigenvalue weighted by Crippen LogP contribution is 1.85. The van der Waals surface area contributed by atoms with Crippen LogP contribution in [0.2, 0.25) is 0 Å². The summed E-state index contributed by atoms with van der Waals surface area (Å²) in [5, 5.41) is 6.57. The van der Waals surface area contributed by atoms with Crippen LogP contribution in [0.1, 0.15) is 19.8 Å². The third-order valence-electron chi connectivity index (χ3n) is 0.688. The summed E-state index contributed by atoms with van der Waals surface area (Å²) in [6.07, 6.45) is 7.31. The van der Waals surface area contributed by atoms with Crippen molar-refractivity contribution in [3.8, 4) is 0 Å². The first-order chi connectivity index (χ1) is 3.41. The number of unbranched alkanes of at least 4 members (excludes halogenated alkanes) is 1. The van der Waals surface area contributed by atoms with E-state index >= 15 is 0 Å². The molecule has 0 atom stereocenters. The minimum atomic E-state index is 1.09. The van der Waals surface area contributed by atoms with Gasteiger partial charge in [0.25, 0.3) is 0 Å². The molecule has 0 unspecified atom stereocenters. The molecule has 1 heteroatoms. The van der Waals surface area contributed by atoms with Crippen molar-refractivity contribution in [1.82, 2.24) is 0 Å². The number of hydrogen-bond donors (Lipinski definition) is 1. The van der Waals surface area contributed by atoms with Gasteiger partial charge in [-0.1, -0.05) is 19.4 Å². The van der Waals surface area contributed by atoms with Gasteiger partial charge in [-0.2, -0.15) is 0 Å². The smallest absolute Gasteiger partial charge is 0.0174 e. The van der Waals surface area contributed by atoms with Crippen LogP contribution in [0, 0.1) is 5.41 Å². The Balaban J connectivity index is 2.92. The molecule has 1 nitrogen and oxygen atoms in total. The Bertz CT molecular complexity index is 64.6. The second kappa shape index (κ2) is 5.41. The molecule has 0 rings (SSSR count). The van der Waals surface area contributed by atoms with Crippen LogP contribution in [-0.4, -0.2) is 6.21 Å².